The number of H-pyrrole nitrogens is 1. The predicted molar refractivity (Wildman–Crippen MR) is 53.6 cm³/mol. The predicted octanol–water partition coefficient (Wildman–Crippen LogP) is 2.14. The molecule has 5 heteroatoms. The lowest BCUT2D eigenvalue weighted by molar-refractivity contribution is 0.0698. The summed E-state index contributed by atoms with van der Waals surface area (Å²) in [7, 11) is 0. The van der Waals surface area contributed by atoms with Crippen molar-refractivity contribution in [1.29, 1.82) is 0 Å². The Kier molecular flexibility index (Phi) is 2.09. The molecule has 2 aromatic heterocycles. The molecule has 0 aliphatic rings. The molecule has 72 valence electrons. The van der Waals surface area contributed by atoms with Gasteiger partial charge in [0.1, 0.15) is 0 Å². The lowest BCUT2D eigenvalue weighted by Crippen LogP contribution is -1.95. The number of aryl methyl sites for hydroxylation is 1. The number of rotatable bonds is 2. The van der Waals surface area contributed by atoms with E-state index in [0.29, 0.717) is 11.3 Å². The van der Waals surface area contributed by atoms with E-state index in [1.807, 2.05) is 12.3 Å². The van der Waals surface area contributed by atoms with E-state index in [4.69, 9.17) is 5.11 Å². The summed E-state index contributed by atoms with van der Waals surface area (Å²) in [5.41, 5.74) is 1.61. The quantitative estimate of drug-likeness (QED) is 0.794. The molecule has 0 aliphatic carbocycles. The van der Waals surface area contributed by atoms with Crippen LogP contribution in [-0.2, 0) is 0 Å². The first-order valence-corrected chi connectivity index (χ1v) is 4.89. The summed E-state index contributed by atoms with van der Waals surface area (Å²) >= 11 is 1.51. The molecule has 0 fully saturated rings. The average Bonchev–Trinajstić information content (AvgIpc) is 2.70. The maximum Gasteiger partial charge on any atom is 0.337 e. The number of thiazole rings is 1. The standard InChI is InChI=1S/C9H8N2O2S/c1-5-11-8(4-14-5)6-2-10-3-7(6)9(12)13/h2-4,10H,1H3,(H,12,13). The number of carboxylic acids is 1. The molecule has 0 amide bonds. The Morgan fingerprint density at radius 3 is 2.93 bits per heavy atom. The van der Waals surface area contributed by atoms with Gasteiger partial charge in [0.25, 0.3) is 0 Å². The van der Waals surface area contributed by atoms with Crippen LogP contribution < -0.4 is 0 Å². The van der Waals surface area contributed by atoms with E-state index in [0.717, 1.165) is 5.01 Å². The third kappa shape index (κ3) is 1.42. The molecule has 0 bridgehead atoms. The van der Waals surface area contributed by atoms with Gasteiger partial charge in [0.05, 0.1) is 16.3 Å². The average molecular weight is 208 g/mol. The Morgan fingerprint density at radius 2 is 2.36 bits per heavy atom. The Bertz CT molecular complexity index is 473. The number of hydrogen-bond acceptors (Lipinski definition) is 3. The molecule has 0 saturated carbocycles. The first kappa shape index (κ1) is 8.96. The van der Waals surface area contributed by atoms with Crippen LogP contribution in [0.4, 0.5) is 0 Å². The molecule has 2 N–H and O–H groups in total. The number of carbonyl (C=O) groups is 1. The van der Waals surface area contributed by atoms with Crippen molar-refractivity contribution in [3.63, 3.8) is 0 Å². The Labute approximate surface area is 84.2 Å². The van der Waals surface area contributed by atoms with Gasteiger partial charge in [-0.1, -0.05) is 0 Å². The second-order valence-electron chi connectivity index (χ2n) is 2.84. The van der Waals surface area contributed by atoms with Gasteiger partial charge < -0.3 is 10.1 Å². The molecule has 0 spiro atoms. The van der Waals surface area contributed by atoms with Crippen LogP contribution in [0.1, 0.15) is 15.4 Å². The summed E-state index contributed by atoms with van der Waals surface area (Å²) in [5, 5.41) is 11.7. The third-order valence-electron chi connectivity index (χ3n) is 1.87. The number of aromatic nitrogens is 2. The first-order chi connectivity index (χ1) is 6.68. The van der Waals surface area contributed by atoms with Crippen molar-refractivity contribution in [1.82, 2.24) is 9.97 Å². The molecule has 0 atom stereocenters. The van der Waals surface area contributed by atoms with Gasteiger partial charge in [-0.3, -0.25) is 0 Å². The van der Waals surface area contributed by atoms with Crippen LogP contribution in [0.15, 0.2) is 17.8 Å². The van der Waals surface area contributed by atoms with Crippen molar-refractivity contribution in [3.05, 3.63) is 28.3 Å². The van der Waals surface area contributed by atoms with E-state index in [1.54, 1.807) is 6.20 Å². The van der Waals surface area contributed by atoms with E-state index < -0.39 is 5.97 Å². The summed E-state index contributed by atoms with van der Waals surface area (Å²) in [6.45, 7) is 1.89. The van der Waals surface area contributed by atoms with E-state index in [-0.39, 0.29) is 5.56 Å². The van der Waals surface area contributed by atoms with Crippen molar-refractivity contribution in [3.8, 4) is 11.3 Å². The van der Waals surface area contributed by atoms with E-state index >= 15 is 0 Å². The number of aromatic carboxylic acids is 1. The zero-order valence-corrected chi connectivity index (χ0v) is 8.26. The number of nitrogens with zero attached hydrogens (tertiary/aromatic N) is 1. The molecule has 2 aromatic rings. The molecule has 0 radical (unpaired) electrons. The number of nitrogens with one attached hydrogen (secondary N) is 1. The van der Waals surface area contributed by atoms with Crippen molar-refractivity contribution in [2.45, 2.75) is 6.92 Å². The molecule has 2 rings (SSSR count). The molecular formula is C9H8N2O2S. The number of hydrogen-bond donors (Lipinski definition) is 2. The van der Waals surface area contributed by atoms with Crippen LogP contribution in [0.2, 0.25) is 0 Å². The highest BCUT2D eigenvalue weighted by Crippen LogP contribution is 2.24. The van der Waals surface area contributed by atoms with Crippen molar-refractivity contribution < 1.29 is 9.90 Å². The van der Waals surface area contributed by atoms with Gasteiger partial charge in [-0.2, -0.15) is 0 Å². The minimum atomic E-state index is -0.938. The van der Waals surface area contributed by atoms with Gasteiger partial charge in [-0.15, -0.1) is 11.3 Å². The van der Waals surface area contributed by atoms with E-state index in [2.05, 4.69) is 9.97 Å². The molecule has 4 nitrogen and oxygen atoms in total. The van der Waals surface area contributed by atoms with Gasteiger partial charge in [0, 0.05) is 23.3 Å². The lowest BCUT2D eigenvalue weighted by atomic mass is 10.1. The van der Waals surface area contributed by atoms with Crippen LogP contribution in [0.5, 0.6) is 0 Å². The normalized spacial score (nSPS) is 10.4. The molecule has 0 saturated heterocycles. The minimum Gasteiger partial charge on any atom is -0.478 e. The Morgan fingerprint density at radius 1 is 1.57 bits per heavy atom. The first-order valence-electron chi connectivity index (χ1n) is 4.01. The highest BCUT2D eigenvalue weighted by molar-refractivity contribution is 7.09. The fourth-order valence-electron chi connectivity index (χ4n) is 1.24. The fraction of sp³-hybridized carbons (Fsp3) is 0.111. The Balaban J connectivity index is 2.51. The second kappa shape index (κ2) is 3.26. The van der Waals surface area contributed by atoms with Gasteiger partial charge in [-0.05, 0) is 6.92 Å². The summed E-state index contributed by atoms with van der Waals surface area (Å²) in [5.74, 6) is -0.938. The molecule has 2 heterocycles. The smallest absolute Gasteiger partial charge is 0.337 e. The molecule has 0 aromatic carbocycles. The highest BCUT2D eigenvalue weighted by Gasteiger charge is 2.14. The van der Waals surface area contributed by atoms with Crippen molar-refractivity contribution >= 4 is 17.3 Å². The van der Waals surface area contributed by atoms with Gasteiger partial charge in [0.15, 0.2) is 0 Å². The van der Waals surface area contributed by atoms with E-state index in [1.165, 1.54) is 17.5 Å². The topological polar surface area (TPSA) is 66.0 Å². The third-order valence-corrected chi connectivity index (χ3v) is 2.64. The summed E-state index contributed by atoms with van der Waals surface area (Å²) < 4.78 is 0. The fourth-order valence-corrected chi connectivity index (χ4v) is 1.85. The monoisotopic (exact) mass is 208 g/mol. The highest BCUT2D eigenvalue weighted by atomic mass is 32.1. The maximum atomic E-state index is 10.8. The van der Waals surface area contributed by atoms with Gasteiger partial charge in [0.2, 0.25) is 0 Å². The SMILES string of the molecule is Cc1nc(-c2c[nH]cc2C(=O)O)cs1. The maximum absolute atomic E-state index is 10.8. The largest absolute Gasteiger partial charge is 0.478 e. The zero-order valence-electron chi connectivity index (χ0n) is 7.44. The lowest BCUT2D eigenvalue weighted by Gasteiger charge is -1.93. The van der Waals surface area contributed by atoms with Gasteiger partial charge >= 0.3 is 5.97 Å². The minimum absolute atomic E-state index is 0.260. The van der Waals surface area contributed by atoms with Crippen LogP contribution in [0.25, 0.3) is 11.3 Å². The molecule has 0 aliphatic heterocycles. The molecular weight excluding hydrogens is 200 g/mol. The summed E-state index contributed by atoms with van der Waals surface area (Å²) in [6, 6.07) is 0. The van der Waals surface area contributed by atoms with Crippen LogP contribution in [0.3, 0.4) is 0 Å². The van der Waals surface area contributed by atoms with Crippen LogP contribution in [0, 0.1) is 6.92 Å². The van der Waals surface area contributed by atoms with Crippen molar-refractivity contribution in [2.24, 2.45) is 0 Å². The van der Waals surface area contributed by atoms with Crippen LogP contribution >= 0.6 is 11.3 Å². The Hall–Kier alpha value is -1.62. The molecule has 14 heavy (non-hydrogen) atoms. The number of aromatic amines is 1. The van der Waals surface area contributed by atoms with Crippen LogP contribution in [-0.4, -0.2) is 21.0 Å². The van der Waals surface area contributed by atoms with Crippen molar-refractivity contribution in [2.75, 3.05) is 0 Å². The van der Waals surface area contributed by atoms with E-state index in [9.17, 15) is 4.79 Å². The summed E-state index contributed by atoms with van der Waals surface area (Å²) in [6.07, 6.45) is 3.12. The second-order valence-corrected chi connectivity index (χ2v) is 3.90. The molecule has 0 unspecified atom stereocenters. The van der Waals surface area contributed by atoms with Gasteiger partial charge in [-0.25, -0.2) is 9.78 Å². The number of carboxylic acid groups (broad SMARTS) is 1. The summed E-state index contributed by atoms with van der Waals surface area (Å²) in [4.78, 5) is 17.8. The zero-order chi connectivity index (χ0) is 10.1.